The number of carbonyl (C=O) groups is 3. The Morgan fingerprint density at radius 2 is 1.69 bits per heavy atom. The molecule has 0 unspecified atom stereocenters. The summed E-state index contributed by atoms with van der Waals surface area (Å²) in [6.45, 7) is 2.21. The summed E-state index contributed by atoms with van der Waals surface area (Å²) in [6, 6.07) is 14.2. The van der Waals surface area contributed by atoms with Crippen molar-refractivity contribution in [2.75, 3.05) is 33.4 Å². The number of fused-ring (bicyclic) bond motifs is 3. The average Bonchev–Trinajstić information content (AvgIpc) is 3.25. The molecule has 3 aromatic carbocycles. The summed E-state index contributed by atoms with van der Waals surface area (Å²) in [5.41, 5.74) is 12.0. The minimum Gasteiger partial charge on any atom is -0.465 e. The van der Waals surface area contributed by atoms with E-state index in [1.165, 1.54) is 13.2 Å². The molecule has 35 heavy (non-hydrogen) atoms. The Bertz CT molecular complexity index is 1380. The maximum atomic E-state index is 13.0. The van der Waals surface area contributed by atoms with E-state index < -0.39 is 11.9 Å². The zero-order valence-electron chi connectivity index (χ0n) is 19.1. The van der Waals surface area contributed by atoms with Crippen molar-refractivity contribution in [3.8, 4) is 22.3 Å². The Morgan fingerprint density at radius 1 is 0.943 bits per heavy atom. The Balaban J connectivity index is 1.57. The number of primary amides is 1. The van der Waals surface area contributed by atoms with Crippen LogP contribution in [0.2, 0.25) is 5.02 Å². The number of nitrogens with zero attached hydrogens (tertiary/aromatic N) is 1. The van der Waals surface area contributed by atoms with Crippen molar-refractivity contribution < 1.29 is 23.9 Å². The molecule has 178 valence electrons. The van der Waals surface area contributed by atoms with Gasteiger partial charge in [0.25, 0.3) is 5.91 Å². The summed E-state index contributed by atoms with van der Waals surface area (Å²) in [6.07, 6.45) is 0.496. The third-order valence-corrected chi connectivity index (χ3v) is 6.69. The number of amides is 2. The first kappa shape index (κ1) is 23.1. The van der Waals surface area contributed by atoms with E-state index in [-0.39, 0.29) is 5.91 Å². The zero-order valence-corrected chi connectivity index (χ0v) is 19.9. The third kappa shape index (κ3) is 4.29. The Morgan fingerprint density at radius 3 is 2.40 bits per heavy atom. The van der Waals surface area contributed by atoms with E-state index in [2.05, 4.69) is 0 Å². The van der Waals surface area contributed by atoms with Crippen LogP contribution in [0.3, 0.4) is 0 Å². The standard InChI is InChI=1S/C27H23ClN2O5/c1-34-27(33)19-9-16(10-20(28)11-19)17-12-22-21-3-2-15(26(32)30-4-6-35-7-5-30)8-18(21)14-23(22)24(13-17)25(29)31/h2-3,8-13H,4-7,14H2,1H3,(H2,29,31). The van der Waals surface area contributed by atoms with Crippen LogP contribution < -0.4 is 5.73 Å². The Hall–Kier alpha value is -3.68. The van der Waals surface area contributed by atoms with Crippen LogP contribution in [0.25, 0.3) is 22.3 Å². The number of ether oxygens (including phenoxy) is 2. The number of benzene rings is 3. The Labute approximate surface area is 207 Å². The topological polar surface area (TPSA) is 98.9 Å². The molecule has 7 nitrogen and oxygen atoms in total. The van der Waals surface area contributed by atoms with Gasteiger partial charge in [0.15, 0.2) is 0 Å². The zero-order chi connectivity index (χ0) is 24.7. The molecule has 0 aromatic heterocycles. The number of morpholine rings is 1. The molecule has 0 bridgehead atoms. The number of hydrogen-bond donors (Lipinski definition) is 1. The second-order valence-electron chi connectivity index (χ2n) is 8.59. The molecule has 1 aliphatic carbocycles. The van der Waals surface area contributed by atoms with Gasteiger partial charge in [0, 0.05) is 29.2 Å². The molecule has 5 rings (SSSR count). The van der Waals surface area contributed by atoms with Gasteiger partial charge in [-0.15, -0.1) is 0 Å². The van der Waals surface area contributed by atoms with E-state index in [1.807, 2.05) is 24.3 Å². The number of esters is 1. The molecule has 8 heteroatoms. The van der Waals surface area contributed by atoms with Gasteiger partial charge in [-0.2, -0.15) is 0 Å². The average molecular weight is 491 g/mol. The summed E-state index contributed by atoms with van der Waals surface area (Å²) < 4.78 is 10.2. The van der Waals surface area contributed by atoms with Crippen molar-refractivity contribution in [2.24, 2.45) is 5.73 Å². The highest BCUT2D eigenvalue weighted by Gasteiger charge is 2.27. The molecule has 1 saturated heterocycles. The third-order valence-electron chi connectivity index (χ3n) is 6.48. The van der Waals surface area contributed by atoms with E-state index in [0.29, 0.717) is 65.6 Å². The van der Waals surface area contributed by atoms with Crippen LogP contribution in [-0.2, 0) is 15.9 Å². The lowest BCUT2D eigenvalue weighted by molar-refractivity contribution is 0.0303. The fourth-order valence-electron chi connectivity index (χ4n) is 4.76. The molecule has 0 radical (unpaired) electrons. The normalized spacial score (nSPS) is 14.3. The van der Waals surface area contributed by atoms with Crippen LogP contribution in [0, 0.1) is 0 Å². The highest BCUT2D eigenvalue weighted by Crippen LogP contribution is 2.42. The van der Waals surface area contributed by atoms with Crippen LogP contribution in [-0.4, -0.2) is 56.1 Å². The molecule has 1 fully saturated rings. The first-order valence-electron chi connectivity index (χ1n) is 11.2. The van der Waals surface area contributed by atoms with Gasteiger partial charge in [0.1, 0.15) is 0 Å². The molecule has 0 atom stereocenters. The molecular weight excluding hydrogens is 468 g/mol. The van der Waals surface area contributed by atoms with Gasteiger partial charge in [0.05, 0.1) is 25.9 Å². The first-order valence-corrected chi connectivity index (χ1v) is 11.6. The highest BCUT2D eigenvalue weighted by molar-refractivity contribution is 6.31. The summed E-state index contributed by atoms with van der Waals surface area (Å²) in [5, 5.41) is 0.371. The van der Waals surface area contributed by atoms with E-state index in [4.69, 9.17) is 26.8 Å². The van der Waals surface area contributed by atoms with Gasteiger partial charge >= 0.3 is 5.97 Å². The first-order chi connectivity index (χ1) is 16.9. The van der Waals surface area contributed by atoms with Crippen LogP contribution in [0.15, 0.2) is 48.5 Å². The second kappa shape index (κ2) is 9.17. The van der Waals surface area contributed by atoms with Crippen molar-refractivity contribution in [3.05, 3.63) is 81.4 Å². The molecule has 0 saturated carbocycles. The van der Waals surface area contributed by atoms with Crippen LogP contribution >= 0.6 is 11.6 Å². The van der Waals surface area contributed by atoms with Gasteiger partial charge in [0.2, 0.25) is 5.91 Å². The van der Waals surface area contributed by atoms with Gasteiger partial charge in [-0.1, -0.05) is 17.7 Å². The predicted octanol–water partition coefficient (Wildman–Crippen LogP) is 3.94. The largest absolute Gasteiger partial charge is 0.465 e. The van der Waals surface area contributed by atoms with Gasteiger partial charge in [-0.05, 0) is 82.3 Å². The van der Waals surface area contributed by atoms with Crippen molar-refractivity contribution >= 4 is 29.4 Å². The summed E-state index contributed by atoms with van der Waals surface area (Å²) in [5.74, 6) is -1.08. The molecule has 3 aromatic rings. The smallest absolute Gasteiger partial charge is 0.337 e. The maximum absolute atomic E-state index is 13.0. The number of carbonyl (C=O) groups excluding carboxylic acids is 3. The number of nitrogens with two attached hydrogens (primary N) is 1. The summed E-state index contributed by atoms with van der Waals surface area (Å²) >= 11 is 6.27. The lowest BCUT2D eigenvalue weighted by atomic mass is 9.93. The molecule has 0 spiro atoms. The van der Waals surface area contributed by atoms with Crippen molar-refractivity contribution in [3.63, 3.8) is 0 Å². The number of rotatable bonds is 4. The maximum Gasteiger partial charge on any atom is 0.337 e. The molecule has 2 N–H and O–H groups in total. The number of methoxy groups -OCH3 is 1. The number of hydrogen-bond acceptors (Lipinski definition) is 5. The van der Waals surface area contributed by atoms with E-state index in [0.717, 1.165) is 22.3 Å². The minimum absolute atomic E-state index is 0.0304. The highest BCUT2D eigenvalue weighted by atomic mass is 35.5. The van der Waals surface area contributed by atoms with E-state index in [1.54, 1.807) is 23.1 Å². The monoisotopic (exact) mass is 490 g/mol. The van der Waals surface area contributed by atoms with Crippen LogP contribution in [0.1, 0.15) is 42.2 Å². The van der Waals surface area contributed by atoms with Gasteiger partial charge in [-0.25, -0.2) is 4.79 Å². The van der Waals surface area contributed by atoms with Gasteiger partial charge in [-0.3, -0.25) is 9.59 Å². The molecule has 1 aliphatic heterocycles. The quantitative estimate of drug-likeness (QED) is 0.437. The summed E-state index contributed by atoms with van der Waals surface area (Å²) in [7, 11) is 1.30. The van der Waals surface area contributed by atoms with Crippen molar-refractivity contribution in [2.45, 2.75) is 6.42 Å². The van der Waals surface area contributed by atoms with E-state index in [9.17, 15) is 14.4 Å². The molecule has 2 aliphatic rings. The second-order valence-corrected chi connectivity index (χ2v) is 9.02. The van der Waals surface area contributed by atoms with Crippen molar-refractivity contribution in [1.29, 1.82) is 0 Å². The van der Waals surface area contributed by atoms with Crippen LogP contribution in [0.4, 0.5) is 0 Å². The van der Waals surface area contributed by atoms with Crippen LogP contribution in [0.5, 0.6) is 0 Å². The predicted molar refractivity (Wildman–Crippen MR) is 132 cm³/mol. The lowest BCUT2D eigenvalue weighted by Crippen LogP contribution is -2.40. The SMILES string of the molecule is COC(=O)c1cc(Cl)cc(-c2cc(C(N)=O)c3c(c2)-c2ccc(C(=O)N4CCOCC4)cc2C3)c1. The van der Waals surface area contributed by atoms with Gasteiger partial charge < -0.3 is 20.1 Å². The fourth-order valence-corrected chi connectivity index (χ4v) is 4.99. The molecule has 2 amide bonds. The Kier molecular flexibility index (Phi) is 6.05. The van der Waals surface area contributed by atoms with Crippen molar-refractivity contribution in [1.82, 2.24) is 4.90 Å². The molecule has 1 heterocycles. The lowest BCUT2D eigenvalue weighted by Gasteiger charge is -2.27. The molecular formula is C27H23ClN2O5. The fraction of sp³-hybridized carbons (Fsp3) is 0.222. The van der Waals surface area contributed by atoms with E-state index >= 15 is 0 Å². The summed E-state index contributed by atoms with van der Waals surface area (Å²) in [4.78, 5) is 39.3. The number of halogens is 1. The minimum atomic E-state index is -0.546.